The number of carbonyl (C=O) groups is 2. The minimum atomic E-state index is -1.12. The molecule has 4 aromatic rings. The van der Waals surface area contributed by atoms with Crippen molar-refractivity contribution in [2.75, 3.05) is 12.3 Å². The first kappa shape index (κ1) is 23.4. The van der Waals surface area contributed by atoms with Crippen LogP contribution in [0.3, 0.4) is 0 Å². The monoisotopic (exact) mass is 488 g/mol. The van der Waals surface area contributed by atoms with Gasteiger partial charge >= 0.3 is 5.97 Å². The van der Waals surface area contributed by atoms with E-state index >= 15 is 0 Å². The number of aromatic nitrogens is 5. The Labute approximate surface area is 205 Å². The van der Waals surface area contributed by atoms with Crippen LogP contribution in [-0.4, -0.2) is 54.1 Å². The molecule has 0 radical (unpaired) electrons. The summed E-state index contributed by atoms with van der Waals surface area (Å²) in [7, 11) is 0. The van der Waals surface area contributed by atoms with Crippen molar-refractivity contribution in [2.45, 2.75) is 38.0 Å². The molecule has 36 heavy (non-hydrogen) atoms. The topological polar surface area (TPSA) is 155 Å². The summed E-state index contributed by atoms with van der Waals surface area (Å²) in [6.07, 6.45) is 6.51. The van der Waals surface area contributed by atoms with Crippen LogP contribution < -0.4 is 10.5 Å². The fourth-order valence-electron chi connectivity index (χ4n) is 4.26. The lowest BCUT2D eigenvalue weighted by Crippen LogP contribution is -2.19. The Bertz CT molecular complexity index is 1420. The number of carboxylic acid groups (broad SMARTS) is 1. The number of nitrogens with two attached hydrogens (primary N) is 1. The van der Waals surface area contributed by atoms with Gasteiger partial charge in [0.05, 0.1) is 18.0 Å². The molecule has 4 heterocycles. The van der Waals surface area contributed by atoms with E-state index in [2.05, 4.69) is 19.9 Å². The minimum Gasteiger partial charge on any atom is -0.478 e. The normalized spacial score (nSPS) is 17.3. The molecule has 1 aliphatic heterocycles. The standard InChI is InChI=1S/C25H24N6O5/c26-23-22-24(29-13-28-23)31(14-30-22)21-8-6-16(36-21)12-35-20-11-15(9-10-27-20)5-7-19(32)17-3-1-2-4-18(17)25(33)34/h1-4,9-11,13-14,16,21H,5-8,12H2,(H,33,34)(H2,26,28,29). The van der Waals surface area contributed by atoms with E-state index in [4.69, 9.17) is 15.2 Å². The number of aryl methyl sites for hydroxylation is 1. The van der Waals surface area contributed by atoms with Gasteiger partial charge in [0.25, 0.3) is 0 Å². The minimum absolute atomic E-state index is 0.00993. The predicted molar refractivity (Wildman–Crippen MR) is 129 cm³/mol. The quantitative estimate of drug-likeness (QED) is 0.336. The molecule has 184 valence electrons. The first-order valence-electron chi connectivity index (χ1n) is 11.5. The summed E-state index contributed by atoms with van der Waals surface area (Å²) in [6.45, 7) is 0.321. The molecule has 1 fully saturated rings. The largest absolute Gasteiger partial charge is 0.478 e. The highest BCUT2D eigenvalue weighted by atomic mass is 16.6. The maximum atomic E-state index is 12.6. The van der Waals surface area contributed by atoms with Gasteiger partial charge in [-0.2, -0.15) is 0 Å². The van der Waals surface area contributed by atoms with Crippen molar-refractivity contribution in [1.82, 2.24) is 24.5 Å². The summed E-state index contributed by atoms with van der Waals surface area (Å²) in [4.78, 5) is 40.8. The van der Waals surface area contributed by atoms with Crippen molar-refractivity contribution >= 4 is 28.7 Å². The summed E-state index contributed by atoms with van der Waals surface area (Å²) in [5, 5.41) is 9.31. The van der Waals surface area contributed by atoms with Crippen LogP contribution in [0.2, 0.25) is 0 Å². The van der Waals surface area contributed by atoms with Crippen LogP contribution in [0.1, 0.15) is 51.8 Å². The summed E-state index contributed by atoms with van der Waals surface area (Å²) in [6, 6.07) is 9.82. The van der Waals surface area contributed by atoms with Crippen molar-refractivity contribution in [2.24, 2.45) is 0 Å². The van der Waals surface area contributed by atoms with E-state index in [9.17, 15) is 14.7 Å². The number of hydrogen-bond donors (Lipinski definition) is 2. The Morgan fingerprint density at radius 1 is 1.11 bits per heavy atom. The number of benzene rings is 1. The summed E-state index contributed by atoms with van der Waals surface area (Å²) in [5.41, 5.74) is 8.14. The second-order valence-corrected chi connectivity index (χ2v) is 8.46. The Morgan fingerprint density at radius 3 is 2.78 bits per heavy atom. The molecule has 1 aliphatic rings. The molecular formula is C25H24N6O5. The predicted octanol–water partition coefficient (Wildman–Crippen LogP) is 3.07. The number of fused-ring (bicyclic) bond motifs is 1. The molecule has 1 saturated heterocycles. The zero-order valence-electron chi connectivity index (χ0n) is 19.3. The van der Waals surface area contributed by atoms with Crippen molar-refractivity contribution in [3.63, 3.8) is 0 Å². The maximum absolute atomic E-state index is 12.6. The highest BCUT2D eigenvalue weighted by Crippen LogP contribution is 2.31. The fourth-order valence-corrected chi connectivity index (χ4v) is 4.26. The second kappa shape index (κ2) is 10.1. The van der Waals surface area contributed by atoms with Crippen molar-refractivity contribution in [3.05, 3.63) is 71.9 Å². The molecule has 2 atom stereocenters. The third kappa shape index (κ3) is 4.86. The number of imidazole rings is 1. The SMILES string of the molecule is Nc1ncnc2c1ncn2C1CCC(COc2cc(CCC(=O)c3ccccc3C(=O)O)ccn2)O1. The molecule has 0 saturated carbocycles. The van der Waals surface area contributed by atoms with Gasteiger partial charge in [0.2, 0.25) is 5.88 Å². The van der Waals surface area contributed by atoms with E-state index in [1.165, 1.54) is 18.5 Å². The molecule has 0 bridgehead atoms. The number of carboxylic acids is 1. The Kier molecular flexibility index (Phi) is 6.54. The van der Waals surface area contributed by atoms with Gasteiger partial charge in [-0.1, -0.05) is 18.2 Å². The molecular weight excluding hydrogens is 464 g/mol. The van der Waals surface area contributed by atoms with E-state index in [1.54, 1.807) is 30.7 Å². The van der Waals surface area contributed by atoms with Crippen LogP contribution in [0.15, 0.2) is 55.2 Å². The number of pyridine rings is 1. The lowest BCUT2D eigenvalue weighted by atomic mass is 9.99. The highest BCUT2D eigenvalue weighted by Gasteiger charge is 2.29. The van der Waals surface area contributed by atoms with Gasteiger partial charge in [0.1, 0.15) is 24.7 Å². The molecule has 1 aromatic carbocycles. The van der Waals surface area contributed by atoms with Crippen LogP contribution in [0.4, 0.5) is 5.82 Å². The van der Waals surface area contributed by atoms with Crippen LogP contribution in [0.25, 0.3) is 11.2 Å². The summed E-state index contributed by atoms with van der Waals surface area (Å²) < 4.78 is 13.9. The van der Waals surface area contributed by atoms with Crippen molar-refractivity contribution in [1.29, 1.82) is 0 Å². The van der Waals surface area contributed by atoms with Crippen LogP contribution in [0.5, 0.6) is 5.88 Å². The molecule has 2 unspecified atom stereocenters. The van der Waals surface area contributed by atoms with E-state index < -0.39 is 5.97 Å². The number of hydrogen-bond acceptors (Lipinski definition) is 9. The molecule has 0 amide bonds. The van der Waals surface area contributed by atoms with E-state index in [1.807, 2.05) is 10.6 Å². The number of ether oxygens (including phenoxy) is 2. The lowest BCUT2D eigenvalue weighted by Gasteiger charge is -2.16. The summed E-state index contributed by atoms with van der Waals surface area (Å²) >= 11 is 0. The highest BCUT2D eigenvalue weighted by molar-refractivity contribution is 6.05. The Hall–Kier alpha value is -4.38. The zero-order valence-corrected chi connectivity index (χ0v) is 19.3. The third-order valence-corrected chi connectivity index (χ3v) is 6.10. The third-order valence-electron chi connectivity index (χ3n) is 6.10. The number of Topliss-reactive ketones (excluding diaryl/α,β-unsaturated/α-hetero) is 1. The molecule has 11 heteroatoms. The molecule has 5 rings (SSSR count). The maximum Gasteiger partial charge on any atom is 0.336 e. The number of anilines is 1. The zero-order chi connectivity index (χ0) is 25.1. The van der Waals surface area contributed by atoms with Gasteiger partial charge in [0.15, 0.2) is 17.2 Å². The number of aromatic carboxylic acids is 1. The van der Waals surface area contributed by atoms with Gasteiger partial charge in [-0.3, -0.25) is 9.36 Å². The lowest BCUT2D eigenvalue weighted by molar-refractivity contribution is -0.0165. The van der Waals surface area contributed by atoms with Crippen LogP contribution >= 0.6 is 0 Å². The van der Waals surface area contributed by atoms with E-state index in [-0.39, 0.29) is 35.7 Å². The van der Waals surface area contributed by atoms with Gasteiger partial charge in [-0.25, -0.2) is 24.7 Å². The van der Waals surface area contributed by atoms with Gasteiger partial charge in [-0.05, 0) is 37.0 Å². The average Bonchev–Trinajstić information content (AvgIpc) is 3.54. The average molecular weight is 489 g/mol. The summed E-state index contributed by atoms with van der Waals surface area (Å²) in [5.74, 6) is -0.577. The van der Waals surface area contributed by atoms with E-state index in [0.717, 1.165) is 18.4 Å². The van der Waals surface area contributed by atoms with Crippen LogP contribution in [0, 0.1) is 0 Å². The number of ketones is 1. The second-order valence-electron chi connectivity index (χ2n) is 8.46. The number of carbonyl (C=O) groups excluding carboxylic acids is 1. The van der Waals surface area contributed by atoms with Crippen molar-refractivity contribution < 1.29 is 24.2 Å². The van der Waals surface area contributed by atoms with Gasteiger partial charge < -0.3 is 20.3 Å². The number of rotatable bonds is 9. The first-order chi connectivity index (χ1) is 17.5. The number of nitrogens with zero attached hydrogens (tertiary/aromatic N) is 5. The fraction of sp³-hybridized carbons (Fsp3) is 0.280. The first-order valence-corrected chi connectivity index (χ1v) is 11.5. The molecule has 0 spiro atoms. The smallest absolute Gasteiger partial charge is 0.336 e. The molecule has 3 aromatic heterocycles. The van der Waals surface area contributed by atoms with Crippen molar-refractivity contribution in [3.8, 4) is 5.88 Å². The Morgan fingerprint density at radius 2 is 1.94 bits per heavy atom. The molecule has 0 aliphatic carbocycles. The Balaban J connectivity index is 1.16. The van der Waals surface area contributed by atoms with Crippen LogP contribution in [-0.2, 0) is 11.2 Å². The number of nitrogen functional groups attached to an aromatic ring is 1. The van der Waals surface area contributed by atoms with Gasteiger partial charge in [-0.15, -0.1) is 0 Å². The van der Waals surface area contributed by atoms with Gasteiger partial charge in [0, 0.05) is 24.2 Å². The molecule has 3 N–H and O–H groups in total. The van der Waals surface area contributed by atoms with E-state index in [0.29, 0.717) is 35.9 Å². The molecule has 11 nitrogen and oxygen atoms in total.